The SMILES string of the molecule is [2H]c1[nH]c(=O)n([C@@H]2O[C@H](COc3cccc(O[PH](=O)NC(C)C(=O)O)c3)[C@@H](O)[C@@]2(C)O)c(=O)c1[2H]. The second kappa shape index (κ2) is 9.89. The number of rotatable bonds is 9. The van der Waals surface area contributed by atoms with Crippen LogP contribution in [0.4, 0.5) is 0 Å². The number of aromatic amines is 1. The maximum atomic E-state index is 12.4. The number of hydrogen-bond donors (Lipinski definition) is 5. The number of aliphatic hydroxyl groups is 2. The maximum Gasteiger partial charge on any atom is 0.330 e. The van der Waals surface area contributed by atoms with Crippen LogP contribution in [0.5, 0.6) is 11.5 Å². The number of nitrogens with one attached hydrogen (secondary N) is 2. The van der Waals surface area contributed by atoms with Gasteiger partial charge in [-0.05, 0) is 26.0 Å². The van der Waals surface area contributed by atoms with E-state index in [1.54, 1.807) is 0 Å². The van der Waals surface area contributed by atoms with E-state index in [9.17, 15) is 29.2 Å². The van der Waals surface area contributed by atoms with Crippen LogP contribution in [0, 0.1) is 0 Å². The standard InChI is InChI=1S/C19H24N3O10P/c1-10(16(25)26)21-33(29)32-12-5-3-4-11(8-12)30-9-13-15(24)19(2,28)17(31-13)22-14(23)6-7-20-18(22)27/h3-8,10,13,15,17,24,28,33H,9H2,1-2H3,(H,20,27)(H,21,29)(H,25,26)/t10?,13-,15-,17-,19-/m1/s1/i6D,7D. The van der Waals surface area contributed by atoms with Crippen molar-refractivity contribution in [2.24, 2.45) is 0 Å². The third kappa shape index (κ3) is 5.52. The van der Waals surface area contributed by atoms with Gasteiger partial charge in [0.05, 0.1) is 2.74 Å². The van der Waals surface area contributed by atoms with Crippen molar-refractivity contribution in [1.82, 2.24) is 14.6 Å². The molecule has 180 valence electrons. The lowest BCUT2D eigenvalue weighted by Gasteiger charge is -2.26. The summed E-state index contributed by atoms with van der Waals surface area (Å²) in [4.78, 5) is 37.4. The van der Waals surface area contributed by atoms with Gasteiger partial charge in [0.1, 0.15) is 42.0 Å². The number of carbonyl (C=O) groups is 1. The first kappa shape index (κ1) is 21.9. The highest BCUT2D eigenvalue weighted by Crippen LogP contribution is 2.37. The monoisotopic (exact) mass is 487 g/mol. The molecule has 1 aromatic carbocycles. The number of benzene rings is 1. The van der Waals surface area contributed by atoms with Crippen molar-refractivity contribution in [3.05, 3.63) is 57.3 Å². The molecule has 0 bridgehead atoms. The van der Waals surface area contributed by atoms with Gasteiger partial charge in [-0.25, -0.2) is 14.4 Å². The predicted octanol–water partition coefficient (Wildman–Crippen LogP) is -0.544. The second-order valence-corrected chi connectivity index (χ2v) is 8.50. The minimum absolute atomic E-state index is 0.103. The van der Waals surface area contributed by atoms with Crippen LogP contribution in [0.25, 0.3) is 0 Å². The van der Waals surface area contributed by atoms with Crippen LogP contribution in [0.3, 0.4) is 0 Å². The summed E-state index contributed by atoms with van der Waals surface area (Å²) in [6.07, 6.45) is -5.20. The average molecular weight is 487 g/mol. The molecule has 2 unspecified atom stereocenters. The summed E-state index contributed by atoms with van der Waals surface area (Å²) in [6, 6.07) is 3.90. The van der Waals surface area contributed by atoms with Crippen molar-refractivity contribution in [2.75, 3.05) is 6.61 Å². The number of hydrogen-bond acceptors (Lipinski definition) is 9. The normalized spacial score (nSPS) is 27.3. The average Bonchev–Trinajstić information content (AvgIpc) is 2.99. The molecule has 3 rings (SSSR count). The van der Waals surface area contributed by atoms with Crippen LogP contribution in [0.1, 0.15) is 22.8 Å². The molecule has 33 heavy (non-hydrogen) atoms. The first-order valence-electron chi connectivity index (χ1n) is 10.6. The van der Waals surface area contributed by atoms with E-state index in [-0.39, 0.29) is 18.1 Å². The lowest BCUT2D eigenvalue weighted by atomic mass is 9.96. The number of carboxylic acid groups (broad SMARTS) is 1. The van der Waals surface area contributed by atoms with E-state index in [0.29, 0.717) is 4.57 Å². The summed E-state index contributed by atoms with van der Waals surface area (Å²) in [6.45, 7) is 2.10. The third-order valence-corrected chi connectivity index (χ3v) is 5.99. The first-order valence-corrected chi connectivity index (χ1v) is 11.0. The fraction of sp³-hybridized carbons (Fsp3) is 0.421. The van der Waals surface area contributed by atoms with Gasteiger partial charge in [-0.15, -0.1) is 0 Å². The Bertz CT molecular complexity index is 1250. The van der Waals surface area contributed by atoms with Gasteiger partial charge in [-0.1, -0.05) is 6.07 Å². The first-order chi connectivity index (χ1) is 16.3. The quantitative estimate of drug-likeness (QED) is 0.286. The summed E-state index contributed by atoms with van der Waals surface area (Å²) in [5.74, 6) is -0.914. The van der Waals surface area contributed by atoms with Crippen molar-refractivity contribution in [2.45, 2.75) is 43.9 Å². The minimum atomic E-state index is -2.94. The highest BCUT2D eigenvalue weighted by Gasteiger charge is 2.54. The molecule has 1 saturated heterocycles. The van der Waals surface area contributed by atoms with Gasteiger partial charge in [0.15, 0.2) is 6.23 Å². The lowest BCUT2D eigenvalue weighted by molar-refractivity contribution is -0.138. The maximum absolute atomic E-state index is 12.4. The molecule has 0 aliphatic carbocycles. The second-order valence-electron chi connectivity index (χ2n) is 7.43. The van der Waals surface area contributed by atoms with Gasteiger partial charge in [0, 0.05) is 18.3 Å². The Morgan fingerprint density at radius 2 is 2.15 bits per heavy atom. The Kier molecular flexibility index (Phi) is 6.55. The number of ether oxygens (including phenoxy) is 2. The molecule has 14 heteroatoms. The van der Waals surface area contributed by atoms with Gasteiger partial charge < -0.3 is 34.3 Å². The molecular weight excluding hydrogens is 461 g/mol. The van der Waals surface area contributed by atoms with Crippen molar-refractivity contribution >= 4 is 14.1 Å². The molecule has 6 atom stereocenters. The topological polar surface area (TPSA) is 189 Å². The fourth-order valence-corrected chi connectivity index (χ4v) is 3.97. The zero-order valence-corrected chi connectivity index (χ0v) is 18.5. The Labute approximate surface area is 190 Å². The zero-order chi connectivity index (χ0) is 26.1. The van der Waals surface area contributed by atoms with Crippen LogP contribution >= 0.6 is 8.18 Å². The van der Waals surface area contributed by atoms with Crippen molar-refractivity contribution < 1.29 is 41.4 Å². The molecule has 0 radical (unpaired) electrons. The fourth-order valence-electron chi connectivity index (χ4n) is 3.10. The van der Waals surface area contributed by atoms with Crippen LogP contribution in [-0.2, 0) is 14.1 Å². The molecule has 2 aromatic rings. The molecular formula is C19H24N3O10P. The van der Waals surface area contributed by atoms with Crippen LogP contribution in [-0.4, -0.2) is 61.3 Å². The molecule has 1 fully saturated rings. The number of carboxylic acids is 1. The molecule has 13 nitrogen and oxygen atoms in total. The highest BCUT2D eigenvalue weighted by molar-refractivity contribution is 7.37. The molecule has 2 heterocycles. The van der Waals surface area contributed by atoms with Gasteiger partial charge in [0.25, 0.3) is 5.56 Å². The Morgan fingerprint density at radius 3 is 2.85 bits per heavy atom. The Morgan fingerprint density at radius 1 is 1.45 bits per heavy atom. The summed E-state index contributed by atoms with van der Waals surface area (Å²) >= 11 is 0. The van der Waals surface area contributed by atoms with Crippen LogP contribution < -0.4 is 25.6 Å². The van der Waals surface area contributed by atoms with E-state index in [2.05, 4.69) is 5.09 Å². The molecule has 0 amide bonds. The predicted molar refractivity (Wildman–Crippen MR) is 114 cm³/mol. The van der Waals surface area contributed by atoms with E-state index < -0.39 is 67.7 Å². The van der Waals surface area contributed by atoms with Gasteiger partial charge in [-0.3, -0.25) is 14.2 Å². The largest absolute Gasteiger partial charge is 0.491 e. The molecule has 5 N–H and O–H groups in total. The number of aromatic nitrogens is 2. The van der Waals surface area contributed by atoms with E-state index in [4.69, 9.17) is 21.8 Å². The van der Waals surface area contributed by atoms with Gasteiger partial charge >= 0.3 is 19.8 Å². The Hall–Kier alpha value is -2.96. The van der Waals surface area contributed by atoms with Gasteiger partial charge in [0.2, 0.25) is 0 Å². The molecule has 1 aliphatic rings. The molecule has 0 spiro atoms. The third-order valence-electron chi connectivity index (χ3n) is 4.90. The summed E-state index contributed by atoms with van der Waals surface area (Å²) < 4.78 is 43.7. The van der Waals surface area contributed by atoms with Crippen molar-refractivity contribution in [3.8, 4) is 11.5 Å². The van der Waals surface area contributed by atoms with Crippen molar-refractivity contribution in [1.29, 1.82) is 0 Å². The molecule has 0 saturated carbocycles. The van der Waals surface area contributed by atoms with Crippen LogP contribution in [0.2, 0.25) is 0 Å². The van der Waals surface area contributed by atoms with E-state index in [1.807, 2.05) is 4.98 Å². The zero-order valence-electron chi connectivity index (χ0n) is 19.5. The number of aliphatic carboxylic acids is 1. The number of nitrogens with zero attached hydrogens (tertiary/aromatic N) is 1. The minimum Gasteiger partial charge on any atom is -0.491 e. The smallest absolute Gasteiger partial charge is 0.330 e. The van der Waals surface area contributed by atoms with E-state index in [0.717, 1.165) is 6.92 Å². The van der Waals surface area contributed by atoms with Gasteiger partial charge in [-0.2, -0.15) is 0 Å². The van der Waals surface area contributed by atoms with Crippen LogP contribution in [0.15, 0.2) is 46.1 Å². The van der Waals surface area contributed by atoms with Crippen molar-refractivity contribution in [3.63, 3.8) is 0 Å². The lowest BCUT2D eigenvalue weighted by Crippen LogP contribution is -2.49. The molecule has 1 aromatic heterocycles. The summed E-state index contributed by atoms with van der Waals surface area (Å²) in [7, 11) is -2.94. The van der Waals surface area contributed by atoms with E-state index in [1.165, 1.54) is 31.2 Å². The Balaban J connectivity index is 1.72. The molecule has 1 aliphatic heterocycles. The number of H-pyrrole nitrogens is 1. The summed E-state index contributed by atoms with van der Waals surface area (Å²) in [5, 5.41) is 32.5. The summed E-state index contributed by atoms with van der Waals surface area (Å²) in [5.41, 5.74) is -4.40. The number of aliphatic hydroxyl groups excluding tert-OH is 1. The highest BCUT2D eigenvalue weighted by atomic mass is 31.1. The van der Waals surface area contributed by atoms with E-state index >= 15 is 0 Å².